The van der Waals surface area contributed by atoms with E-state index in [0.29, 0.717) is 19.0 Å². The zero-order valence-corrected chi connectivity index (χ0v) is 14.9. The first kappa shape index (κ1) is 17.4. The minimum Gasteiger partial charge on any atom is -0.338 e. The van der Waals surface area contributed by atoms with Crippen molar-refractivity contribution < 1.29 is 4.79 Å². The van der Waals surface area contributed by atoms with Gasteiger partial charge in [0.2, 0.25) is 0 Å². The van der Waals surface area contributed by atoms with Crippen molar-refractivity contribution in [2.45, 2.75) is 39.0 Å². The van der Waals surface area contributed by atoms with Crippen LogP contribution in [0.2, 0.25) is 0 Å². The van der Waals surface area contributed by atoms with Crippen LogP contribution in [0.5, 0.6) is 0 Å². The summed E-state index contributed by atoms with van der Waals surface area (Å²) in [5.74, 6) is 0.485. The van der Waals surface area contributed by atoms with Crippen LogP contribution in [-0.4, -0.2) is 33.9 Å². The first-order chi connectivity index (χ1) is 12.0. The Morgan fingerprint density at radius 3 is 2.88 bits per heavy atom. The Labute approximate surface area is 148 Å². The molecule has 1 aliphatic heterocycles. The minimum atomic E-state index is -0.286. The van der Waals surface area contributed by atoms with Crippen molar-refractivity contribution in [1.82, 2.24) is 14.9 Å². The van der Waals surface area contributed by atoms with Gasteiger partial charge in [-0.3, -0.25) is 14.6 Å². The maximum Gasteiger partial charge on any atom is 0.261 e. The van der Waals surface area contributed by atoms with Crippen LogP contribution >= 0.6 is 0 Å². The number of pyridine rings is 2. The van der Waals surface area contributed by atoms with Crippen molar-refractivity contribution in [3.8, 4) is 0 Å². The summed E-state index contributed by atoms with van der Waals surface area (Å²) in [4.78, 5) is 33.9. The molecular formula is C20H25N3O2. The molecule has 2 aromatic heterocycles. The molecule has 0 aliphatic carbocycles. The number of rotatable bonds is 4. The number of hydrogen-bond acceptors (Lipinski definition) is 3. The molecule has 1 aliphatic rings. The highest BCUT2D eigenvalue weighted by Gasteiger charge is 2.26. The molecule has 1 unspecified atom stereocenters. The van der Waals surface area contributed by atoms with Gasteiger partial charge < -0.3 is 9.88 Å². The van der Waals surface area contributed by atoms with Gasteiger partial charge in [0, 0.05) is 31.2 Å². The molecule has 132 valence electrons. The fourth-order valence-electron chi connectivity index (χ4n) is 3.43. The van der Waals surface area contributed by atoms with Crippen LogP contribution in [0, 0.1) is 5.92 Å². The second-order valence-electron chi connectivity index (χ2n) is 7.14. The van der Waals surface area contributed by atoms with Gasteiger partial charge in [-0.2, -0.15) is 0 Å². The SMILES string of the molecule is CC(C)c1ccc(C(=O)N2CCCC(Cc3cccnc3)C2)c(=O)[nH]1. The Kier molecular flexibility index (Phi) is 5.31. The number of carbonyl (C=O) groups excluding carboxylic acids is 1. The topological polar surface area (TPSA) is 66.1 Å². The number of H-pyrrole nitrogens is 1. The summed E-state index contributed by atoms with van der Waals surface area (Å²) in [6, 6.07) is 7.53. The molecule has 1 N–H and O–H groups in total. The summed E-state index contributed by atoms with van der Waals surface area (Å²) in [6.07, 6.45) is 6.64. The fraction of sp³-hybridized carbons (Fsp3) is 0.450. The number of hydrogen-bond donors (Lipinski definition) is 1. The van der Waals surface area contributed by atoms with Crippen LogP contribution in [0.3, 0.4) is 0 Å². The second kappa shape index (κ2) is 7.64. The van der Waals surface area contributed by atoms with Gasteiger partial charge in [0.05, 0.1) is 0 Å². The molecular weight excluding hydrogens is 314 g/mol. The number of aromatic amines is 1. The first-order valence-corrected chi connectivity index (χ1v) is 8.96. The summed E-state index contributed by atoms with van der Waals surface area (Å²) in [6.45, 7) is 5.44. The lowest BCUT2D eigenvalue weighted by atomic mass is 9.91. The molecule has 1 amide bonds. The predicted molar refractivity (Wildman–Crippen MR) is 97.7 cm³/mol. The molecule has 2 aromatic rings. The number of piperidine rings is 1. The van der Waals surface area contributed by atoms with E-state index in [1.165, 1.54) is 5.56 Å². The average Bonchev–Trinajstić information content (AvgIpc) is 2.62. The molecule has 0 aromatic carbocycles. The summed E-state index contributed by atoms with van der Waals surface area (Å²) < 4.78 is 0. The van der Waals surface area contributed by atoms with Gasteiger partial charge in [-0.15, -0.1) is 0 Å². The van der Waals surface area contributed by atoms with Gasteiger partial charge >= 0.3 is 0 Å². The number of amides is 1. The predicted octanol–water partition coefficient (Wildman–Crippen LogP) is 2.99. The smallest absolute Gasteiger partial charge is 0.261 e. The quantitative estimate of drug-likeness (QED) is 0.931. The van der Waals surface area contributed by atoms with Crippen molar-refractivity contribution >= 4 is 5.91 Å². The molecule has 5 heteroatoms. The number of nitrogens with one attached hydrogen (secondary N) is 1. The Hall–Kier alpha value is -2.43. The summed E-state index contributed by atoms with van der Waals surface area (Å²) in [5, 5.41) is 0. The Morgan fingerprint density at radius 2 is 2.20 bits per heavy atom. The highest BCUT2D eigenvalue weighted by molar-refractivity contribution is 5.93. The summed E-state index contributed by atoms with van der Waals surface area (Å²) in [7, 11) is 0. The van der Waals surface area contributed by atoms with Crippen LogP contribution in [0.1, 0.15) is 54.2 Å². The Bertz CT molecular complexity index is 783. The van der Waals surface area contributed by atoms with Crippen molar-refractivity contribution in [1.29, 1.82) is 0 Å². The molecule has 0 radical (unpaired) electrons. The van der Waals surface area contributed by atoms with Crippen molar-refractivity contribution in [3.05, 3.63) is 63.8 Å². The van der Waals surface area contributed by atoms with Crippen LogP contribution in [0.25, 0.3) is 0 Å². The molecule has 1 saturated heterocycles. The lowest BCUT2D eigenvalue weighted by molar-refractivity contribution is 0.0671. The number of nitrogens with zero attached hydrogens (tertiary/aromatic N) is 2. The largest absolute Gasteiger partial charge is 0.338 e. The van der Waals surface area contributed by atoms with Crippen LogP contribution in [0.15, 0.2) is 41.5 Å². The molecule has 5 nitrogen and oxygen atoms in total. The van der Waals surface area contributed by atoms with Crippen LogP contribution in [0.4, 0.5) is 0 Å². The van der Waals surface area contributed by atoms with E-state index in [2.05, 4.69) is 16.0 Å². The number of carbonyl (C=O) groups is 1. The highest BCUT2D eigenvalue weighted by Crippen LogP contribution is 2.21. The lowest BCUT2D eigenvalue weighted by Crippen LogP contribution is -2.42. The minimum absolute atomic E-state index is 0.160. The zero-order valence-electron chi connectivity index (χ0n) is 14.9. The summed E-state index contributed by atoms with van der Waals surface area (Å²) in [5.41, 5.74) is 2.01. The van der Waals surface area contributed by atoms with Crippen LogP contribution < -0.4 is 5.56 Å². The van der Waals surface area contributed by atoms with Crippen molar-refractivity contribution in [3.63, 3.8) is 0 Å². The van der Waals surface area contributed by atoms with Gasteiger partial charge in [0.25, 0.3) is 11.5 Å². The molecule has 0 saturated carbocycles. The first-order valence-electron chi connectivity index (χ1n) is 8.96. The van der Waals surface area contributed by atoms with E-state index in [1.807, 2.05) is 37.1 Å². The molecule has 3 heterocycles. The van der Waals surface area contributed by atoms with Crippen molar-refractivity contribution in [2.24, 2.45) is 5.92 Å². The number of aromatic nitrogens is 2. The Morgan fingerprint density at radius 1 is 1.36 bits per heavy atom. The maximum atomic E-state index is 12.8. The number of likely N-dealkylation sites (tertiary alicyclic amines) is 1. The second-order valence-corrected chi connectivity index (χ2v) is 7.14. The molecule has 3 rings (SSSR count). The Balaban J connectivity index is 1.71. The molecule has 25 heavy (non-hydrogen) atoms. The van der Waals surface area contributed by atoms with Crippen LogP contribution in [-0.2, 0) is 6.42 Å². The molecule has 1 fully saturated rings. The van der Waals surface area contributed by atoms with Crippen molar-refractivity contribution in [2.75, 3.05) is 13.1 Å². The van der Waals surface area contributed by atoms with E-state index in [-0.39, 0.29) is 22.9 Å². The van der Waals surface area contributed by atoms with Gasteiger partial charge in [0.15, 0.2) is 0 Å². The zero-order chi connectivity index (χ0) is 17.8. The highest BCUT2D eigenvalue weighted by atomic mass is 16.2. The molecule has 0 bridgehead atoms. The van der Waals surface area contributed by atoms with E-state index < -0.39 is 0 Å². The average molecular weight is 339 g/mol. The third-order valence-electron chi connectivity index (χ3n) is 4.84. The normalized spacial score (nSPS) is 17.7. The van der Waals surface area contributed by atoms with E-state index in [1.54, 1.807) is 12.3 Å². The molecule has 0 spiro atoms. The van der Waals surface area contributed by atoms with Gasteiger partial charge in [0.1, 0.15) is 5.56 Å². The van der Waals surface area contributed by atoms with E-state index in [0.717, 1.165) is 25.0 Å². The van der Waals surface area contributed by atoms with Gasteiger partial charge in [-0.25, -0.2) is 0 Å². The standard InChI is InChI=1S/C20H25N3O2/c1-14(2)18-8-7-17(19(24)22-18)20(25)23-10-4-6-16(13-23)11-15-5-3-9-21-12-15/h3,5,7-9,12,14,16H,4,6,10-11,13H2,1-2H3,(H,22,24). The maximum absolute atomic E-state index is 12.8. The van der Waals surface area contributed by atoms with Gasteiger partial charge in [-0.1, -0.05) is 19.9 Å². The van der Waals surface area contributed by atoms with E-state index in [9.17, 15) is 9.59 Å². The fourth-order valence-corrected chi connectivity index (χ4v) is 3.43. The van der Waals surface area contributed by atoms with Gasteiger partial charge in [-0.05, 0) is 54.9 Å². The van der Waals surface area contributed by atoms with E-state index in [4.69, 9.17) is 0 Å². The lowest BCUT2D eigenvalue weighted by Gasteiger charge is -2.32. The third kappa shape index (κ3) is 4.16. The third-order valence-corrected chi connectivity index (χ3v) is 4.84. The summed E-state index contributed by atoms with van der Waals surface area (Å²) >= 11 is 0. The van der Waals surface area contributed by atoms with E-state index >= 15 is 0 Å². The molecule has 1 atom stereocenters. The monoisotopic (exact) mass is 339 g/mol.